The predicted octanol–water partition coefficient (Wildman–Crippen LogP) is 3.98. The normalized spacial score (nSPS) is 12.8. The molecule has 0 aromatic heterocycles. The Hall–Kier alpha value is -3.02. The summed E-state index contributed by atoms with van der Waals surface area (Å²) in [7, 11) is 3.18. The van der Waals surface area contributed by atoms with Crippen LogP contribution in [0.3, 0.4) is 0 Å². The second-order valence-electron chi connectivity index (χ2n) is 6.80. The summed E-state index contributed by atoms with van der Waals surface area (Å²) in [6.07, 6.45) is -1.40. The van der Waals surface area contributed by atoms with Crippen molar-refractivity contribution >= 4 is 5.69 Å². The minimum Gasteiger partial charge on any atom is -0.493 e. The molecule has 29 heavy (non-hydrogen) atoms. The van der Waals surface area contributed by atoms with E-state index in [9.17, 15) is 10.2 Å². The molecule has 0 aliphatic carbocycles. The summed E-state index contributed by atoms with van der Waals surface area (Å²) in [5, 5.41) is 21.6. The lowest BCUT2D eigenvalue weighted by molar-refractivity contribution is 0.161. The molecule has 1 unspecified atom stereocenters. The van der Waals surface area contributed by atoms with E-state index in [0.717, 1.165) is 16.8 Å². The van der Waals surface area contributed by atoms with Crippen molar-refractivity contribution in [2.45, 2.75) is 12.2 Å². The Bertz CT molecular complexity index is 838. The fourth-order valence-electron chi connectivity index (χ4n) is 3.29. The molecule has 0 amide bonds. The lowest BCUT2D eigenvalue weighted by Crippen LogP contribution is -2.32. The first-order valence-corrected chi connectivity index (χ1v) is 9.55. The average Bonchev–Trinajstić information content (AvgIpc) is 2.79. The Balaban J connectivity index is 1.88. The number of ether oxygens (including phenoxy) is 2. The van der Waals surface area contributed by atoms with Crippen molar-refractivity contribution in [1.82, 2.24) is 0 Å². The predicted molar refractivity (Wildman–Crippen MR) is 115 cm³/mol. The van der Waals surface area contributed by atoms with Crippen molar-refractivity contribution in [2.75, 3.05) is 32.2 Å². The Morgan fingerprint density at radius 1 is 0.690 bits per heavy atom. The van der Waals surface area contributed by atoms with Crippen LogP contribution in [-0.4, -0.2) is 37.5 Å². The summed E-state index contributed by atoms with van der Waals surface area (Å²) >= 11 is 0. The molecule has 0 radical (unpaired) electrons. The first-order chi connectivity index (χ1) is 14.1. The molecular weight excluding hydrogens is 366 g/mol. The van der Waals surface area contributed by atoms with Crippen molar-refractivity contribution in [3.63, 3.8) is 0 Å². The van der Waals surface area contributed by atoms with Crippen molar-refractivity contribution in [3.05, 3.63) is 90.0 Å². The second-order valence-corrected chi connectivity index (χ2v) is 6.80. The Labute approximate surface area is 171 Å². The number of aliphatic hydroxyl groups is 2. The molecule has 0 saturated heterocycles. The van der Waals surface area contributed by atoms with Crippen LogP contribution in [0.25, 0.3) is 0 Å². The van der Waals surface area contributed by atoms with Gasteiger partial charge in [-0.1, -0.05) is 60.7 Å². The fraction of sp³-hybridized carbons (Fsp3) is 0.250. The third kappa shape index (κ3) is 5.28. The van der Waals surface area contributed by atoms with Gasteiger partial charge in [0.05, 0.1) is 26.4 Å². The number of methoxy groups -OCH3 is 2. The van der Waals surface area contributed by atoms with Crippen LogP contribution >= 0.6 is 0 Å². The zero-order valence-corrected chi connectivity index (χ0v) is 16.7. The molecule has 3 aromatic rings. The van der Waals surface area contributed by atoms with Crippen molar-refractivity contribution in [1.29, 1.82) is 0 Å². The molecule has 0 fully saturated rings. The van der Waals surface area contributed by atoms with Crippen molar-refractivity contribution in [2.24, 2.45) is 0 Å². The zero-order chi connectivity index (χ0) is 20.6. The van der Waals surface area contributed by atoms with Gasteiger partial charge in [0, 0.05) is 24.8 Å². The summed E-state index contributed by atoms with van der Waals surface area (Å²) in [4.78, 5) is 1.96. The van der Waals surface area contributed by atoms with Crippen LogP contribution in [0.1, 0.15) is 23.3 Å². The fourth-order valence-corrected chi connectivity index (χ4v) is 3.29. The van der Waals surface area contributed by atoms with Gasteiger partial charge in [0.25, 0.3) is 0 Å². The van der Waals surface area contributed by atoms with Crippen LogP contribution in [0.5, 0.6) is 11.5 Å². The lowest BCUT2D eigenvalue weighted by atomic mass is 10.1. The minimum absolute atomic E-state index is 0.323. The maximum absolute atomic E-state index is 10.8. The van der Waals surface area contributed by atoms with Gasteiger partial charge in [-0.3, -0.25) is 0 Å². The van der Waals surface area contributed by atoms with Crippen LogP contribution in [0.4, 0.5) is 5.69 Å². The molecule has 0 spiro atoms. The molecule has 0 heterocycles. The molecule has 3 aromatic carbocycles. The average molecular weight is 393 g/mol. The number of aliphatic hydroxyl groups excluding tert-OH is 2. The summed E-state index contributed by atoms with van der Waals surface area (Å²) in [6, 6.07) is 24.6. The summed E-state index contributed by atoms with van der Waals surface area (Å²) in [5.41, 5.74) is 2.48. The van der Waals surface area contributed by atoms with Crippen LogP contribution in [-0.2, 0) is 0 Å². The smallest absolute Gasteiger partial charge is 0.162 e. The van der Waals surface area contributed by atoms with Crippen LogP contribution in [0, 0.1) is 0 Å². The van der Waals surface area contributed by atoms with Crippen molar-refractivity contribution < 1.29 is 19.7 Å². The van der Waals surface area contributed by atoms with E-state index in [1.807, 2.05) is 83.8 Å². The van der Waals surface area contributed by atoms with Gasteiger partial charge in [0.15, 0.2) is 11.5 Å². The molecule has 2 N–H and O–H groups in total. The first-order valence-electron chi connectivity index (χ1n) is 9.55. The highest BCUT2D eigenvalue weighted by atomic mass is 16.5. The molecule has 5 nitrogen and oxygen atoms in total. The van der Waals surface area contributed by atoms with E-state index in [2.05, 4.69) is 0 Å². The first kappa shape index (κ1) is 20.7. The highest BCUT2D eigenvalue weighted by Crippen LogP contribution is 2.33. The van der Waals surface area contributed by atoms with Gasteiger partial charge in [-0.05, 0) is 23.3 Å². The van der Waals surface area contributed by atoms with Gasteiger partial charge in [-0.15, -0.1) is 0 Å². The van der Waals surface area contributed by atoms with Crippen molar-refractivity contribution in [3.8, 4) is 11.5 Å². The largest absolute Gasteiger partial charge is 0.493 e. The monoisotopic (exact) mass is 393 g/mol. The number of benzene rings is 3. The molecule has 0 aliphatic rings. The van der Waals surface area contributed by atoms with Gasteiger partial charge in [-0.25, -0.2) is 0 Å². The number of hydrogen-bond acceptors (Lipinski definition) is 5. The Kier molecular flexibility index (Phi) is 7.11. The van der Waals surface area contributed by atoms with E-state index in [1.165, 1.54) is 0 Å². The molecule has 152 valence electrons. The minimum atomic E-state index is -0.702. The molecule has 5 heteroatoms. The molecule has 0 aliphatic heterocycles. The van der Waals surface area contributed by atoms with Crippen LogP contribution in [0.15, 0.2) is 78.9 Å². The third-order valence-corrected chi connectivity index (χ3v) is 4.89. The van der Waals surface area contributed by atoms with Crippen LogP contribution < -0.4 is 14.4 Å². The van der Waals surface area contributed by atoms with Gasteiger partial charge >= 0.3 is 0 Å². The second kappa shape index (κ2) is 9.96. The summed E-state index contributed by atoms with van der Waals surface area (Å²) in [6.45, 7) is 0.646. The van der Waals surface area contributed by atoms with E-state index in [4.69, 9.17) is 9.47 Å². The molecule has 0 bridgehead atoms. The van der Waals surface area contributed by atoms with E-state index < -0.39 is 12.2 Å². The van der Waals surface area contributed by atoms with E-state index >= 15 is 0 Å². The number of rotatable bonds is 9. The molecule has 2 atom stereocenters. The quantitative estimate of drug-likeness (QED) is 0.576. The Morgan fingerprint density at radius 3 is 1.62 bits per heavy atom. The van der Waals surface area contributed by atoms with Crippen LogP contribution in [0.2, 0.25) is 0 Å². The summed E-state index contributed by atoms with van der Waals surface area (Å²) < 4.78 is 10.8. The topological polar surface area (TPSA) is 62.2 Å². The van der Waals surface area contributed by atoms with Gasteiger partial charge in [-0.2, -0.15) is 0 Å². The standard InChI is InChI=1S/C24H27NO4/c1-28-23-14-13-20(15-24(23)29-2)25(16-21(26)18-9-5-3-6-10-18)17-22(27)19-11-7-4-8-12-19/h3-15,21-22,26-27H,16-17H2,1-2H3/t21-,22?/m0/s1. The molecule has 3 rings (SSSR count). The van der Waals surface area contributed by atoms with Gasteiger partial charge < -0.3 is 24.6 Å². The number of anilines is 1. The maximum Gasteiger partial charge on any atom is 0.162 e. The van der Waals surface area contributed by atoms with Gasteiger partial charge in [0.2, 0.25) is 0 Å². The zero-order valence-electron chi connectivity index (χ0n) is 16.7. The maximum atomic E-state index is 10.8. The number of hydrogen-bond donors (Lipinski definition) is 2. The third-order valence-electron chi connectivity index (χ3n) is 4.89. The van der Waals surface area contributed by atoms with E-state index in [1.54, 1.807) is 14.2 Å². The van der Waals surface area contributed by atoms with Gasteiger partial charge in [0.1, 0.15) is 0 Å². The van der Waals surface area contributed by atoms with E-state index in [-0.39, 0.29) is 0 Å². The lowest BCUT2D eigenvalue weighted by Gasteiger charge is -2.30. The molecular formula is C24H27NO4. The highest BCUT2D eigenvalue weighted by Gasteiger charge is 2.20. The SMILES string of the molecule is COc1ccc(N(CC(O)c2ccccc2)C[C@H](O)c2ccccc2)cc1OC. The van der Waals surface area contributed by atoms with E-state index in [0.29, 0.717) is 24.6 Å². The number of nitrogens with zero attached hydrogens (tertiary/aromatic N) is 1. The highest BCUT2D eigenvalue weighted by molar-refractivity contribution is 5.57. The molecule has 0 saturated carbocycles. The Morgan fingerprint density at radius 2 is 1.17 bits per heavy atom. The summed E-state index contributed by atoms with van der Waals surface area (Å²) in [5.74, 6) is 1.22.